The van der Waals surface area contributed by atoms with Gasteiger partial charge >= 0.3 is 0 Å². The molecular weight excluding hydrogens is 350 g/mol. The summed E-state index contributed by atoms with van der Waals surface area (Å²) < 4.78 is 0. The predicted octanol–water partition coefficient (Wildman–Crippen LogP) is 3.58. The zero-order valence-corrected chi connectivity index (χ0v) is 16.6. The Morgan fingerprint density at radius 3 is 2.61 bits per heavy atom. The van der Waals surface area contributed by atoms with Gasteiger partial charge in [-0.1, -0.05) is 31.2 Å². The van der Waals surface area contributed by atoms with Crippen molar-refractivity contribution < 1.29 is 9.59 Å². The van der Waals surface area contributed by atoms with Crippen molar-refractivity contribution in [3.8, 4) is 0 Å². The smallest absolute Gasteiger partial charge is 0.257 e. The van der Waals surface area contributed by atoms with E-state index in [-0.39, 0.29) is 18.0 Å². The van der Waals surface area contributed by atoms with E-state index in [1.165, 1.54) is 5.56 Å². The molecule has 2 aliphatic heterocycles. The van der Waals surface area contributed by atoms with Crippen molar-refractivity contribution in [3.63, 3.8) is 0 Å². The number of aryl methyl sites for hydroxylation is 1. The molecule has 4 rings (SSSR count). The number of nitrogens with zero attached hydrogens (tertiary/aromatic N) is 2. The molecule has 0 saturated carbocycles. The third kappa shape index (κ3) is 3.37. The third-order valence-corrected chi connectivity index (χ3v) is 5.93. The van der Waals surface area contributed by atoms with Gasteiger partial charge in [0.1, 0.15) is 6.17 Å². The van der Waals surface area contributed by atoms with E-state index >= 15 is 0 Å². The molecular formula is C23H27N3O2. The second-order valence-corrected chi connectivity index (χ2v) is 7.67. The Hall–Kier alpha value is -2.82. The minimum atomic E-state index is -0.116. The minimum absolute atomic E-state index is 0.0840. The quantitative estimate of drug-likeness (QED) is 0.886. The number of carbonyl (C=O) groups is 2. The van der Waals surface area contributed by atoms with Crippen LogP contribution in [0.4, 0.5) is 5.69 Å². The number of nitrogens with one attached hydrogen (secondary N) is 1. The summed E-state index contributed by atoms with van der Waals surface area (Å²) in [7, 11) is 2.02. The highest BCUT2D eigenvalue weighted by atomic mass is 16.2. The van der Waals surface area contributed by atoms with E-state index in [4.69, 9.17) is 0 Å². The first-order valence-electron chi connectivity index (χ1n) is 10.1. The summed E-state index contributed by atoms with van der Waals surface area (Å²) in [5.41, 5.74) is 4.50. The van der Waals surface area contributed by atoms with Gasteiger partial charge in [0.25, 0.3) is 11.8 Å². The molecule has 28 heavy (non-hydrogen) atoms. The molecule has 1 unspecified atom stereocenters. The van der Waals surface area contributed by atoms with E-state index in [9.17, 15) is 9.59 Å². The summed E-state index contributed by atoms with van der Waals surface area (Å²) >= 11 is 0. The molecule has 1 fully saturated rings. The largest absolute Gasteiger partial charge is 0.354 e. The number of fused-ring (bicyclic) bond motifs is 2. The van der Waals surface area contributed by atoms with Crippen LogP contribution in [0.1, 0.15) is 58.0 Å². The highest BCUT2D eigenvalue weighted by Crippen LogP contribution is 2.34. The van der Waals surface area contributed by atoms with Crippen molar-refractivity contribution in [1.82, 2.24) is 10.2 Å². The van der Waals surface area contributed by atoms with E-state index in [2.05, 4.69) is 41.4 Å². The summed E-state index contributed by atoms with van der Waals surface area (Å²) in [4.78, 5) is 29.6. The maximum Gasteiger partial charge on any atom is 0.257 e. The van der Waals surface area contributed by atoms with Crippen LogP contribution in [0.15, 0.2) is 42.5 Å². The SMILES string of the molecule is CCc1ccc(CNC(=O)c2ccc3c(c2)N(C)C2CCCCN2C3=O)cc1. The highest BCUT2D eigenvalue weighted by Gasteiger charge is 2.37. The molecule has 5 nitrogen and oxygen atoms in total. The number of benzene rings is 2. The fraction of sp³-hybridized carbons (Fsp3) is 0.391. The van der Waals surface area contributed by atoms with Crippen LogP contribution in [0.3, 0.4) is 0 Å². The maximum atomic E-state index is 12.8. The summed E-state index contributed by atoms with van der Waals surface area (Å²) in [6.07, 6.45) is 4.28. The molecule has 2 heterocycles. The summed E-state index contributed by atoms with van der Waals surface area (Å²) in [5, 5.41) is 2.99. The molecule has 0 bridgehead atoms. The van der Waals surface area contributed by atoms with Crippen molar-refractivity contribution in [2.45, 2.75) is 45.3 Å². The molecule has 2 aromatic carbocycles. The Morgan fingerprint density at radius 1 is 1.11 bits per heavy atom. The van der Waals surface area contributed by atoms with E-state index in [1.807, 2.05) is 18.0 Å². The first-order chi connectivity index (χ1) is 13.6. The minimum Gasteiger partial charge on any atom is -0.354 e. The molecule has 2 amide bonds. The van der Waals surface area contributed by atoms with Gasteiger partial charge in [-0.05, 0) is 55.0 Å². The molecule has 1 N–H and O–H groups in total. The van der Waals surface area contributed by atoms with E-state index in [0.29, 0.717) is 17.7 Å². The molecule has 0 aromatic heterocycles. The van der Waals surface area contributed by atoms with Gasteiger partial charge in [0, 0.05) is 25.7 Å². The molecule has 0 radical (unpaired) electrons. The van der Waals surface area contributed by atoms with E-state index < -0.39 is 0 Å². The van der Waals surface area contributed by atoms with Crippen LogP contribution in [-0.2, 0) is 13.0 Å². The van der Waals surface area contributed by atoms with E-state index in [1.54, 1.807) is 12.1 Å². The highest BCUT2D eigenvalue weighted by molar-refractivity contribution is 6.04. The van der Waals surface area contributed by atoms with Gasteiger partial charge in [-0.3, -0.25) is 9.59 Å². The lowest BCUT2D eigenvalue weighted by Crippen LogP contribution is -2.55. The van der Waals surface area contributed by atoms with Gasteiger partial charge in [-0.2, -0.15) is 0 Å². The second kappa shape index (κ2) is 7.66. The summed E-state index contributed by atoms with van der Waals surface area (Å²) in [5.74, 6) is -0.0323. The molecule has 146 valence electrons. The number of anilines is 1. The molecule has 2 aliphatic rings. The molecule has 1 saturated heterocycles. The molecule has 0 spiro atoms. The second-order valence-electron chi connectivity index (χ2n) is 7.67. The van der Waals surface area contributed by atoms with Gasteiger partial charge in [-0.15, -0.1) is 0 Å². The molecule has 1 atom stereocenters. The Balaban J connectivity index is 1.50. The van der Waals surface area contributed by atoms with Crippen LogP contribution in [0, 0.1) is 0 Å². The molecule has 2 aromatic rings. The number of carbonyl (C=O) groups excluding carboxylic acids is 2. The van der Waals surface area contributed by atoms with Crippen LogP contribution >= 0.6 is 0 Å². The lowest BCUT2D eigenvalue weighted by Gasteiger charge is -2.46. The summed E-state index contributed by atoms with van der Waals surface area (Å²) in [6, 6.07) is 13.7. The first-order valence-corrected chi connectivity index (χ1v) is 10.1. The first kappa shape index (κ1) is 18.5. The Morgan fingerprint density at radius 2 is 1.86 bits per heavy atom. The normalized spacial score (nSPS) is 18.5. The van der Waals surface area contributed by atoms with Crippen LogP contribution in [0.5, 0.6) is 0 Å². The third-order valence-electron chi connectivity index (χ3n) is 5.93. The molecule has 5 heteroatoms. The number of hydrogen-bond donors (Lipinski definition) is 1. The average Bonchev–Trinajstić information content (AvgIpc) is 2.75. The van der Waals surface area contributed by atoms with Gasteiger partial charge in [0.15, 0.2) is 0 Å². The van der Waals surface area contributed by atoms with Crippen molar-refractivity contribution in [2.24, 2.45) is 0 Å². The van der Waals surface area contributed by atoms with Gasteiger partial charge in [0.05, 0.1) is 11.3 Å². The maximum absolute atomic E-state index is 12.8. The topological polar surface area (TPSA) is 52.7 Å². The summed E-state index contributed by atoms with van der Waals surface area (Å²) in [6.45, 7) is 3.43. The predicted molar refractivity (Wildman–Crippen MR) is 111 cm³/mol. The average molecular weight is 377 g/mol. The van der Waals surface area contributed by atoms with Crippen molar-refractivity contribution in [2.75, 3.05) is 18.5 Å². The number of piperidine rings is 1. The standard InChI is InChI=1S/C23H27N3O2/c1-3-16-7-9-17(10-8-16)15-24-22(27)18-11-12-19-20(14-18)25(2)21-6-4-5-13-26(21)23(19)28/h7-12,14,21H,3-6,13,15H2,1-2H3,(H,24,27). The molecule has 0 aliphatic carbocycles. The van der Waals surface area contributed by atoms with Crippen molar-refractivity contribution in [1.29, 1.82) is 0 Å². The van der Waals surface area contributed by atoms with E-state index in [0.717, 1.165) is 43.5 Å². The van der Waals surface area contributed by atoms with Crippen LogP contribution in [0.25, 0.3) is 0 Å². The van der Waals surface area contributed by atoms with Gasteiger partial charge < -0.3 is 15.1 Å². The number of rotatable bonds is 4. The van der Waals surface area contributed by atoms with Crippen LogP contribution in [-0.4, -0.2) is 36.5 Å². The Kier molecular flexibility index (Phi) is 5.07. The Bertz CT molecular complexity index is 891. The lowest BCUT2D eigenvalue weighted by molar-refractivity contribution is 0.0589. The van der Waals surface area contributed by atoms with Crippen LogP contribution in [0.2, 0.25) is 0 Å². The number of amides is 2. The fourth-order valence-electron chi connectivity index (χ4n) is 4.19. The van der Waals surface area contributed by atoms with Crippen molar-refractivity contribution in [3.05, 3.63) is 64.7 Å². The Labute approximate surface area is 166 Å². The van der Waals surface area contributed by atoms with Crippen molar-refractivity contribution >= 4 is 17.5 Å². The fourth-order valence-corrected chi connectivity index (χ4v) is 4.19. The zero-order valence-electron chi connectivity index (χ0n) is 16.6. The van der Waals surface area contributed by atoms with Gasteiger partial charge in [-0.25, -0.2) is 0 Å². The monoisotopic (exact) mass is 377 g/mol. The lowest BCUT2D eigenvalue weighted by atomic mass is 9.97. The van der Waals surface area contributed by atoms with Crippen LogP contribution < -0.4 is 10.2 Å². The zero-order chi connectivity index (χ0) is 19.7. The number of hydrogen-bond acceptors (Lipinski definition) is 3. The van der Waals surface area contributed by atoms with Gasteiger partial charge in [0.2, 0.25) is 0 Å².